The Balaban J connectivity index is 0.00000240. The van der Waals surface area contributed by atoms with Gasteiger partial charge in [0.1, 0.15) is 4.88 Å². The summed E-state index contributed by atoms with van der Waals surface area (Å²) in [6.07, 6.45) is 0. The standard InChI is InChI=1S/C21H20ClN3OS2.ClH/c1-13-7-6-10-16-18(13)23-21(28-16)25(12-11-24(2)3)20(26)19-17(22)14-8-4-5-9-15(14)27-19;/h4-10H,11-12H2,1-3H3;1H. The van der Waals surface area contributed by atoms with Crippen LogP contribution in [0.1, 0.15) is 15.2 Å². The van der Waals surface area contributed by atoms with Crippen LogP contribution < -0.4 is 4.90 Å². The molecule has 2 aromatic carbocycles. The number of aryl methyl sites for hydroxylation is 1. The zero-order valence-electron chi connectivity index (χ0n) is 16.3. The maximum atomic E-state index is 13.5. The molecule has 2 heterocycles. The lowest BCUT2D eigenvalue weighted by Gasteiger charge is -2.21. The molecule has 1 amide bonds. The molecule has 0 saturated heterocycles. The number of aromatic nitrogens is 1. The number of hydrogen-bond donors (Lipinski definition) is 0. The first-order valence-electron chi connectivity index (χ1n) is 8.95. The van der Waals surface area contributed by atoms with Crippen LogP contribution in [0.25, 0.3) is 20.3 Å². The number of hydrogen-bond acceptors (Lipinski definition) is 5. The SMILES string of the molecule is Cc1cccc2sc(N(CCN(C)C)C(=O)c3sc4ccccc4c3Cl)nc12.Cl. The summed E-state index contributed by atoms with van der Waals surface area (Å²) in [7, 11) is 4.00. The molecule has 4 rings (SSSR count). The molecule has 4 nitrogen and oxygen atoms in total. The van der Waals surface area contributed by atoms with E-state index in [0.29, 0.717) is 21.6 Å². The summed E-state index contributed by atoms with van der Waals surface area (Å²) in [5.74, 6) is -0.0928. The van der Waals surface area contributed by atoms with Crippen molar-refractivity contribution in [1.82, 2.24) is 9.88 Å². The van der Waals surface area contributed by atoms with Crippen molar-refractivity contribution in [2.24, 2.45) is 0 Å². The summed E-state index contributed by atoms with van der Waals surface area (Å²) in [4.78, 5) is 22.7. The summed E-state index contributed by atoms with van der Waals surface area (Å²) < 4.78 is 2.10. The number of fused-ring (bicyclic) bond motifs is 2. The van der Waals surface area contributed by atoms with Crippen molar-refractivity contribution in [3.63, 3.8) is 0 Å². The number of rotatable bonds is 5. The lowest BCUT2D eigenvalue weighted by molar-refractivity contribution is 0.0989. The Bertz CT molecular complexity index is 1170. The summed E-state index contributed by atoms with van der Waals surface area (Å²) in [5, 5.41) is 2.16. The van der Waals surface area contributed by atoms with E-state index in [1.807, 2.05) is 63.5 Å². The Hall–Kier alpha value is -1.70. The molecule has 0 radical (unpaired) electrons. The van der Waals surface area contributed by atoms with Crippen LogP contribution in [0.4, 0.5) is 5.13 Å². The van der Waals surface area contributed by atoms with Crippen molar-refractivity contribution >= 4 is 78.0 Å². The van der Waals surface area contributed by atoms with Crippen molar-refractivity contribution in [1.29, 1.82) is 0 Å². The van der Waals surface area contributed by atoms with Gasteiger partial charge < -0.3 is 4.90 Å². The van der Waals surface area contributed by atoms with Gasteiger partial charge in [0.2, 0.25) is 0 Å². The number of thiazole rings is 1. The highest BCUT2D eigenvalue weighted by molar-refractivity contribution is 7.23. The van der Waals surface area contributed by atoms with E-state index < -0.39 is 0 Å². The number of carbonyl (C=O) groups is 1. The van der Waals surface area contributed by atoms with Gasteiger partial charge in [-0.1, -0.05) is 53.3 Å². The molecular weight excluding hydrogens is 445 g/mol. The van der Waals surface area contributed by atoms with Gasteiger partial charge in [-0.2, -0.15) is 0 Å². The van der Waals surface area contributed by atoms with Gasteiger partial charge in [0.15, 0.2) is 5.13 Å². The lowest BCUT2D eigenvalue weighted by Crippen LogP contribution is -2.36. The second-order valence-electron chi connectivity index (χ2n) is 6.92. The molecule has 0 fully saturated rings. The molecule has 0 bridgehead atoms. The number of likely N-dealkylation sites (N-methyl/N-ethyl adjacent to an activating group) is 1. The Morgan fingerprint density at radius 2 is 1.76 bits per heavy atom. The van der Waals surface area contributed by atoms with Crippen molar-refractivity contribution in [2.75, 3.05) is 32.1 Å². The predicted octanol–water partition coefficient (Wildman–Crippen LogP) is 6.10. The van der Waals surface area contributed by atoms with Gasteiger partial charge in [-0.25, -0.2) is 4.98 Å². The third kappa shape index (κ3) is 4.27. The molecule has 8 heteroatoms. The number of benzene rings is 2. The lowest BCUT2D eigenvalue weighted by atomic mass is 10.2. The second-order valence-corrected chi connectivity index (χ2v) is 9.36. The Morgan fingerprint density at radius 1 is 1.03 bits per heavy atom. The Labute approximate surface area is 189 Å². The molecule has 0 aliphatic heterocycles. The zero-order chi connectivity index (χ0) is 19.8. The molecule has 0 spiro atoms. The first-order valence-corrected chi connectivity index (χ1v) is 11.0. The summed E-state index contributed by atoms with van der Waals surface area (Å²) in [6, 6.07) is 14.0. The Morgan fingerprint density at radius 3 is 2.45 bits per heavy atom. The van der Waals surface area contributed by atoms with Crippen LogP contribution in [0.3, 0.4) is 0 Å². The average Bonchev–Trinajstić information content (AvgIpc) is 3.24. The first kappa shape index (κ1) is 22.0. The molecule has 0 aliphatic rings. The van der Waals surface area contributed by atoms with Crippen molar-refractivity contribution in [3.05, 3.63) is 57.9 Å². The van der Waals surface area contributed by atoms with Gasteiger partial charge in [-0.3, -0.25) is 9.69 Å². The fraction of sp³-hybridized carbons (Fsp3) is 0.238. The first-order chi connectivity index (χ1) is 13.5. The van der Waals surface area contributed by atoms with Gasteiger partial charge in [-0.15, -0.1) is 23.7 Å². The minimum Gasteiger partial charge on any atom is -0.308 e. The van der Waals surface area contributed by atoms with Gasteiger partial charge in [0.25, 0.3) is 5.91 Å². The fourth-order valence-electron chi connectivity index (χ4n) is 3.05. The van der Waals surface area contributed by atoms with Crippen LogP contribution in [-0.4, -0.2) is 43.0 Å². The topological polar surface area (TPSA) is 36.4 Å². The quantitative estimate of drug-likeness (QED) is 0.357. The van der Waals surface area contributed by atoms with Gasteiger partial charge in [0, 0.05) is 23.2 Å². The normalized spacial score (nSPS) is 11.2. The molecule has 0 aliphatic carbocycles. The molecule has 4 aromatic rings. The van der Waals surface area contributed by atoms with Crippen LogP contribution in [0, 0.1) is 6.92 Å². The van der Waals surface area contributed by atoms with Gasteiger partial charge in [0.05, 0.1) is 15.2 Å². The van der Waals surface area contributed by atoms with Crippen molar-refractivity contribution < 1.29 is 4.79 Å². The monoisotopic (exact) mass is 465 g/mol. The van der Waals surface area contributed by atoms with E-state index >= 15 is 0 Å². The molecule has 152 valence electrons. The van der Waals surface area contributed by atoms with Crippen LogP contribution in [-0.2, 0) is 0 Å². The van der Waals surface area contributed by atoms with E-state index in [0.717, 1.165) is 32.4 Å². The van der Waals surface area contributed by atoms with Crippen LogP contribution in [0.15, 0.2) is 42.5 Å². The minimum absolute atomic E-state index is 0. The highest BCUT2D eigenvalue weighted by atomic mass is 35.5. The second kappa shape index (κ2) is 8.98. The van der Waals surface area contributed by atoms with Crippen molar-refractivity contribution in [2.45, 2.75) is 6.92 Å². The molecule has 29 heavy (non-hydrogen) atoms. The maximum Gasteiger partial charge on any atom is 0.271 e. The number of thiophene rings is 1. The highest BCUT2D eigenvalue weighted by Gasteiger charge is 2.26. The Kier molecular flexibility index (Phi) is 6.81. The van der Waals surface area contributed by atoms with E-state index in [1.165, 1.54) is 11.3 Å². The molecule has 0 saturated carbocycles. The highest BCUT2D eigenvalue weighted by Crippen LogP contribution is 2.38. The molecule has 2 aromatic heterocycles. The number of halogens is 2. The smallest absolute Gasteiger partial charge is 0.271 e. The number of para-hydroxylation sites is 1. The summed E-state index contributed by atoms with van der Waals surface area (Å²) in [6.45, 7) is 3.33. The zero-order valence-corrected chi connectivity index (χ0v) is 19.5. The number of anilines is 1. The molecule has 0 atom stereocenters. The maximum absolute atomic E-state index is 13.5. The van der Waals surface area contributed by atoms with Gasteiger partial charge in [-0.05, 0) is 38.7 Å². The van der Waals surface area contributed by atoms with E-state index in [-0.39, 0.29) is 18.3 Å². The van der Waals surface area contributed by atoms with Crippen molar-refractivity contribution in [3.8, 4) is 0 Å². The third-order valence-corrected chi connectivity index (χ3v) is 7.29. The number of nitrogens with zero attached hydrogens (tertiary/aromatic N) is 3. The minimum atomic E-state index is -0.0928. The van der Waals surface area contributed by atoms with Crippen LogP contribution in [0.2, 0.25) is 5.02 Å². The average molecular weight is 466 g/mol. The third-order valence-electron chi connectivity index (χ3n) is 4.59. The largest absolute Gasteiger partial charge is 0.308 e. The number of carbonyl (C=O) groups excluding carboxylic acids is 1. The molecule has 0 N–H and O–H groups in total. The molecule has 0 unspecified atom stereocenters. The van der Waals surface area contributed by atoms with E-state index in [1.54, 1.807) is 16.2 Å². The summed E-state index contributed by atoms with van der Waals surface area (Å²) >= 11 is 9.57. The number of amides is 1. The van der Waals surface area contributed by atoms with E-state index in [9.17, 15) is 4.79 Å². The van der Waals surface area contributed by atoms with E-state index in [4.69, 9.17) is 16.6 Å². The fourth-order valence-corrected chi connectivity index (χ4v) is 5.58. The molecular formula is C21H21Cl2N3OS2. The predicted molar refractivity (Wildman–Crippen MR) is 129 cm³/mol. The van der Waals surface area contributed by atoms with E-state index in [2.05, 4.69) is 4.90 Å². The summed E-state index contributed by atoms with van der Waals surface area (Å²) in [5.41, 5.74) is 2.06. The van der Waals surface area contributed by atoms with Crippen LogP contribution >= 0.6 is 46.7 Å². The van der Waals surface area contributed by atoms with Crippen LogP contribution in [0.5, 0.6) is 0 Å². The van der Waals surface area contributed by atoms with Gasteiger partial charge >= 0.3 is 0 Å².